The minimum atomic E-state index is -3.44. The fourth-order valence-corrected chi connectivity index (χ4v) is 19.0. The highest BCUT2D eigenvalue weighted by Gasteiger charge is 2.58. The summed E-state index contributed by atoms with van der Waals surface area (Å²) in [5.41, 5.74) is 0. The van der Waals surface area contributed by atoms with Gasteiger partial charge in [-0.1, -0.05) is 0 Å². The first kappa shape index (κ1) is 41.6. The Bertz CT molecular complexity index is 739. The van der Waals surface area contributed by atoms with Crippen molar-refractivity contribution in [1.29, 1.82) is 0 Å². The molecule has 0 aromatic heterocycles. The molecule has 3 heterocycles. The first-order valence-electron chi connectivity index (χ1n) is 18.8. The number of hydrogen-bond donors (Lipinski definition) is 3. The molecule has 13 nitrogen and oxygen atoms in total. The van der Waals surface area contributed by atoms with Gasteiger partial charge in [0.1, 0.15) is 0 Å². The maximum Gasteiger partial charge on any atom is 0.493 e. The molecule has 3 rings (SSSR count). The Labute approximate surface area is 290 Å². The van der Waals surface area contributed by atoms with Gasteiger partial charge in [0.25, 0.3) is 0 Å². The van der Waals surface area contributed by atoms with E-state index in [1.165, 1.54) is 0 Å². The van der Waals surface area contributed by atoms with Gasteiger partial charge in [0.15, 0.2) is 0 Å². The Morgan fingerprint density at radius 2 is 0.660 bits per heavy atom. The predicted octanol–water partition coefficient (Wildman–Crippen LogP) is 1.90. The van der Waals surface area contributed by atoms with Crippen molar-refractivity contribution in [2.45, 2.75) is 72.0 Å². The summed E-state index contributed by atoms with van der Waals surface area (Å²) in [5, 5.41) is 10.4. The molecule has 0 saturated carbocycles. The average molecular weight is 723 g/mol. The van der Waals surface area contributed by atoms with Crippen LogP contribution in [0.3, 0.4) is 0 Å². The Kier molecular flexibility index (Phi) is 20.8. The zero-order valence-electron chi connectivity index (χ0n) is 30.6. The lowest BCUT2D eigenvalue weighted by Gasteiger charge is -2.43. The molecule has 3 N–H and O–H groups in total. The highest BCUT2D eigenvalue weighted by Crippen LogP contribution is 2.33. The molecule has 0 amide bonds. The summed E-state index contributed by atoms with van der Waals surface area (Å²) in [4.78, 5) is 7.56. The highest BCUT2D eigenvalue weighted by molar-refractivity contribution is 6.81. The van der Waals surface area contributed by atoms with Gasteiger partial charge in [0, 0.05) is 130 Å². The van der Waals surface area contributed by atoms with E-state index in [-0.39, 0.29) is 0 Å². The monoisotopic (exact) mass is 722 g/mol. The van der Waals surface area contributed by atoms with Gasteiger partial charge < -0.3 is 61.0 Å². The molecule has 0 aromatic carbocycles. The van der Waals surface area contributed by atoms with Gasteiger partial charge in [-0.2, -0.15) is 0 Å². The van der Waals surface area contributed by atoms with Crippen molar-refractivity contribution in [2.24, 2.45) is 0 Å². The van der Waals surface area contributed by atoms with Gasteiger partial charge in [0.2, 0.25) is 0 Å². The van der Waals surface area contributed by atoms with Crippen molar-refractivity contribution >= 4 is 26.4 Å². The van der Waals surface area contributed by atoms with E-state index in [0.29, 0.717) is 39.1 Å². The van der Waals surface area contributed by atoms with Crippen LogP contribution in [0.2, 0.25) is 18.1 Å². The van der Waals surface area contributed by atoms with Gasteiger partial charge in [-0.15, -0.1) is 0 Å². The maximum atomic E-state index is 7.35. The second-order valence-corrected chi connectivity index (χ2v) is 21.2. The lowest BCUT2D eigenvalue weighted by Crippen LogP contribution is -2.64. The smallest absolute Gasteiger partial charge is 0.375 e. The van der Waals surface area contributed by atoms with Crippen molar-refractivity contribution in [3.05, 3.63) is 0 Å². The molecule has 3 fully saturated rings. The average Bonchev–Trinajstić information content (AvgIpc) is 3.07. The molecule has 47 heavy (non-hydrogen) atoms. The molecule has 3 aliphatic heterocycles. The number of nitrogens with one attached hydrogen (secondary N) is 3. The lowest BCUT2D eigenvalue weighted by atomic mass is 10.3. The fourth-order valence-electron chi connectivity index (χ4n) is 6.78. The van der Waals surface area contributed by atoms with E-state index in [9.17, 15) is 0 Å². The Morgan fingerprint density at radius 3 is 0.936 bits per heavy atom. The molecule has 0 unspecified atom stereocenters. The number of nitrogens with zero attached hydrogens (tertiary/aromatic N) is 3. The van der Waals surface area contributed by atoms with Crippen molar-refractivity contribution in [2.75, 3.05) is 131 Å². The van der Waals surface area contributed by atoms with Crippen LogP contribution in [0.25, 0.3) is 0 Å². The van der Waals surface area contributed by atoms with Crippen LogP contribution in [-0.4, -0.2) is 172 Å². The first-order chi connectivity index (χ1) is 23.0. The summed E-state index contributed by atoms with van der Waals surface area (Å²) >= 11 is 0. The van der Waals surface area contributed by atoms with E-state index in [2.05, 4.69) is 30.7 Å². The van der Waals surface area contributed by atoms with Gasteiger partial charge in [0.05, 0.1) is 0 Å². The van der Waals surface area contributed by atoms with Gasteiger partial charge in [-0.25, -0.2) is 0 Å². The first-order valence-corrected chi connectivity index (χ1v) is 24.6. The molecule has 3 aliphatic rings. The van der Waals surface area contributed by atoms with E-state index in [1.54, 1.807) is 0 Å². The van der Waals surface area contributed by atoms with E-state index < -0.39 is 26.4 Å². The standard InChI is InChI=1S/C31H70N6O7Si3/c1-6-38-45(39-7-2,29-11-20-35-23-14-32-15-24-35)43-47(42-10-5,31-13-22-37-27-18-34-19-28-37)44-46(40-8-3,41-9-4)30-12-21-36-25-16-33-17-26-36/h32-34H,6-31H2,1-5H3. The summed E-state index contributed by atoms with van der Waals surface area (Å²) in [7, 11) is -9.85. The molecule has 0 atom stereocenters. The number of hydrogen-bond acceptors (Lipinski definition) is 13. The molecule has 0 radical (unpaired) electrons. The third kappa shape index (κ3) is 15.1. The van der Waals surface area contributed by atoms with Crippen LogP contribution in [0.15, 0.2) is 0 Å². The molecule has 16 heteroatoms. The van der Waals surface area contributed by atoms with Crippen LogP contribution in [-0.2, 0) is 30.4 Å². The van der Waals surface area contributed by atoms with Crippen LogP contribution in [0, 0.1) is 0 Å². The largest absolute Gasteiger partial charge is 0.493 e. The topological polar surface area (TPSA) is 110 Å². The second-order valence-electron chi connectivity index (χ2n) is 12.5. The van der Waals surface area contributed by atoms with E-state index in [1.807, 2.05) is 34.6 Å². The molecule has 0 bridgehead atoms. The van der Waals surface area contributed by atoms with Gasteiger partial charge in [-0.05, 0) is 73.5 Å². The Morgan fingerprint density at radius 1 is 0.404 bits per heavy atom. The predicted molar refractivity (Wildman–Crippen MR) is 194 cm³/mol. The van der Waals surface area contributed by atoms with Crippen molar-refractivity contribution < 1.29 is 30.4 Å². The van der Waals surface area contributed by atoms with Gasteiger partial charge >= 0.3 is 26.4 Å². The third-order valence-electron chi connectivity index (χ3n) is 8.94. The summed E-state index contributed by atoms with van der Waals surface area (Å²) in [6, 6.07) is 2.12. The van der Waals surface area contributed by atoms with Crippen LogP contribution >= 0.6 is 0 Å². The second kappa shape index (κ2) is 23.6. The number of rotatable bonds is 26. The van der Waals surface area contributed by atoms with Crippen LogP contribution in [0.5, 0.6) is 0 Å². The zero-order chi connectivity index (χ0) is 33.7. The minimum absolute atomic E-state index is 0.479. The Hall–Kier alpha value is 0.131. The maximum absolute atomic E-state index is 7.35. The summed E-state index contributed by atoms with van der Waals surface area (Å²) in [5.74, 6) is 0. The quantitative estimate of drug-likeness (QED) is 0.113. The van der Waals surface area contributed by atoms with Crippen molar-refractivity contribution in [3.63, 3.8) is 0 Å². The van der Waals surface area contributed by atoms with E-state index in [0.717, 1.165) is 130 Å². The molecular weight excluding hydrogens is 653 g/mol. The molecule has 0 spiro atoms. The van der Waals surface area contributed by atoms with Crippen LogP contribution in [0.1, 0.15) is 53.9 Å². The molecule has 0 aromatic rings. The number of piperazine rings is 3. The molecule has 278 valence electrons. The van der Waals surface area contributed by atoms with Crippen LogP contribution in [0.4, 0.5) is 0 Å². The summed E-state index contributed by atoms with van der Waals surface area (Å²) < 4.78 is 47.9. The summed E-state index contributed by atoms with van der Waals surface area (Å²) in [6.45, 7) is 28.2. The van der Waals surface area contributed by atoms with E-state index >= 15 is 0 Å². The van der Waals surface area contributed by atoms with Crippen molar-refractivity contribution in [3.8, 4) is 0 Å². The lowest BCUT2D eigenvalue weighted by molar-refractivity contribution is 0.0381. The SMILES string of the molecule is CCO[Si](CCCN1CCNCC1)(OCC)O[Si](CCCN1CCNCC1)(OCC)O[Si](CCCN1CCNCC1)(OCC)OCC. The molecule has 3 saturated heterocycles. The fraction of sp³-hybridized carbons (Fsp3) is 1.00. The highest BCUT2D eigenvalue weighted by atomic mass is 28.5. The molecular formula is C31H70N6O7Si3. The zero-order valence-corrected chi connectivity index (χ0v) is 33.6. The Balaban J connectivity index is 1.88. The third-order valence-corrected chi connectivity index (χ3v) is 20.5. The minimum Gasteiger partial charge on any atom is -0.375 e. The molecule has 0 aliphatic carbocycles. The van der Waals surface area contributed by atoms with Crippen molar-refractivity contribution in [1.82, 2.24) is 30.7 Å². The summed E-state index contributed by atoms with van der Waals surface area (Å²) in [6.07, 6.45) is 2.78. The normalized spacial score (nSPS) is 19.9. The van der Waals surface area contributed by atoms with E-state index in [4.69, 9.17) is 30.4 Å². The van der Waals surface area contributed by atoms with Crippen LogP contribution < -0.4 is 16.0 Å². The van der Waals surface area contributed by atoms with Gasteiger partial charge in [-0.3, -0.25) is 0 Å².